The maximum Gasteiger partial charge on any atom is 0.212 e. The highest BCUT2D eigenvalue weighted by atomic mass is 32.1. The lowest BCUT2D eigenvalue weighted by atomic mass is 10.2. The average Bonchev–Trinajstić information content (AvgIpc) is 2.94. The molecule has 0 saturated carbocycles. The van der Waals surface area contributed by atoms with Crippen molar-refractivity contribution in [1.82, 2.24) is 15.3 Å². The normalized spacial score (nSPS) is 12.3. The van der Waals surface area contributed by atoms with Crippen molar-refractivity contribution in [1.29, 1.82) is 0 Å². The first kappa shape index (κ1) is 14.9. The first-order chi connectivity index (χ1) is 9.72. The predicted octanol–water partition coefficient (Wildman–Crippen LogP) is 3.20. The molecule has 2 aromatic heterocycles. The van der Waals surface area contributed by atoms with Gasteiger partial charge in [-0.05, 0) is 25.5 Å². The number of hydrogen-bond donors (Lipinski definition) is 1. The predicted molar refractivity (Wildman–Crippen MR) is 82.4 cm³/mol. The van der Waals surface area contributed by atoms with Crippen LogP contribution in [0.4, 0.5) is 0 Å². The first-order valence-electron chi connectivity index (χ1n) is 6.89. The molecule has 0 aliphatic rings. The van der Waals surface area contributed by atoms with Crippen LogP contribution in [0.2, 0.25) is 0 Å². The molecule has 0 amide bonds. The molecule has 0 aliphatic heterocycles. The van der Waals surface area contributed by atoms with Crippen LogP contribution < -0.4 is 10.1 Å². The first-order valence-corrected chi connectivity index (χ1v) is 7.77. The maximum absolute atomic E-state index is 5.06. The van der Waals surface area contributed by atoms with Gasteiger partial charge in [0.2, 0.25) is 5.88 Å². The van der Waals surface area contributed by atoms with Crippen LogP contribution in [0.25, 0.3) is 0 Å². The second kappa shape index (κ2) is 7.36. The molecule has 0 fully saturated rings. The summed E-state index contributed by atoms with van der Waals surface area (Å²) in [7, 11) is 1.62. The van der Waals surface area contributed by atoms with E-state index in [2.05, 4.69) is 29.5 Å². The summed E-state index contributed by atoms with van der Waals surface area (Å²) < 4.78 is 5.06. The quantitative estimate of drug-likeness (QED) is 0.851. The van der Waals surface area contributed by atoms with E-state index in [0.717, 1.165) is 35.7 Å². The van der Waals surface area contributed by atoms with Gasteiger partial charge in [0.1, 0.15) is 0 Å². The van der Waals surface area contributed by atoms with E-state index >= 15 is 0 Å². The summed E-state index contributed by atoms with van der Waals surface area (Å²) in [5, 5.41) is 6.72. The van der Waals surface area contributed by atoms with Crippen molar-refractivity contribution in [2.75, 3.05) is 13.7 Å². The summed E-state index contributed by atoms with van der Waals surface area (Å²) in [6.07, 6.45) is 3.81. The van der Waals surface area contributed by atoms with E-state index in [9.17, 15) is 0 Å². The molecule has 0 spiro atoms. The van der Waals surface area contributed by atoms with Gasteiger partial charge in [0.15, 0.2) is 0 Å². The third-order valence-corrected chi connectivity index (χ3v) is 3.94. The monoisotopic (exact) mass is 291 g/mol. The number of pyridine rings is 1. The largest absolute Gasteiger partial charge is 0.481 e. The van der Waals surface area contributed by atoms with Crippen LogP contribution in [0.5, 0.6) is 5.88 Å². The molecule has 0 aliphatic carbocycles. The van der Waals surface area contributed by atoms with Crippen LogP contribution in [-0.4, -0.2) is 23.6 Å². The standard InChI is InChI=1S/C15H21N3OS/c1-4-7-16-11(2)13-10-20-15(18-13)8-12-5-6-14(19-3)17-9-12/h5-6,9-11,16H,4,7-8H2,1-3H3. The van der Waals surface area contributed by atoms with Crippen LogP contribution in [-0.2, 0) is 6.42 Å². The molecule has 4 nitrogen and oxygen atoms in total. The van der Waals surface area contributed by atoms with Gasteiger partial charge in [-0.3, -0.25) is 0 Å². The molecule has 0 saturated heterocycles. The number of hydrogen-bond acceptors (Lipinski definition) is 5. The molecule has 108 valence electrons. The average molecular weight is 291 g/mol. The Balaban J connectivity index is 1.97. The number of nitrogens with one attached hydrogen (secondary N) is 1. The summed E-state index contributed by atoms with van der Waals surface area (Å²) in [6.45, 7) is 5.35. The Labute approximate surface area is 124 Å². The molecule has 1 atom stereocenters. The molecular formula is C15H21N3OS. The molecule has 2 aromatic rings. The van der Waals surface area contributed by atoms with Crippen molar-refractivity contribution in [3.8, 4) is 5.88 Å². The van der Waals surface area contributed by atoms with Crippen molar-refractivity contribution in [3.05, 3.63) is 40.0 Å². The lowest BCUT2D eigenvalue weighted by Gasteiger charge is -2.09. The van der Waals surface area contributed by atoms with Gasteiger partial charge in [0, 0.05) is 30.1 Å². The second-order valence-corrected chi connectivity index (χ2v) is 5.67. The van der Waals surface area contributed by atoms with Crippen molar-refractivity contribution < 1.29 is 4.74 Å². The Kier molecular flexibility index (Phi) is 5.49. The summed E-state index contributed by atoms with van der Waals surface area (Å²) in [5.74, 6) is 0.644. The van der Waals surface area contributed by atoms with Crippen molar-refractivity contribution in [2.24, 2.45) is 0 Å². The van der Waals surface area contributed by atoms with Gasteiger partial charge in [-0.15, -0.1) is 11.3 Å². The minimum atomic E-state index is 0.314. The lowest BCUT2D eigenvalue weighted by Crippen LogP contribution is -2.19. The Morgan fingerprint density at radius 1 is 1.40 bits per heavy atom. The third kappa shape index (κ3) is 4.02. The van der Waals surface area contributed by atoms with Crippen molar-refractivity contribution in [3.63, 3.8) is 0 Å². The smallest absolute Gasteiger partial charge is 0.212 e. The molecular weight excluding hydrogens is 270 g/mol. The van der Waals surface area contributed by atoms with E-state index in [1.165, 1.54) is 0 Å². The number of methoxy groups -OCH3 is 1. The van der Waals surface area contributed by atoms with Gasteiger partial charge < -0.3 is 10.1 Å². The summed E-state index contributed by atoms with van der Waals surface area (Å²) in [6, 6.07) is 4.23. The highest BCUT2D eigenvalue weighted by molar-refractivity contribution is 7.09. The molecule has 1 unspecified atom stereocenters. The van der Waals surface area contributed by atoms with E-state index in [4.69, 9.17) is 9.72 Å². The number of aromatic nitrogens is 2. The molecule has 0 radical (unpaired) electrons. The topological polar surface area (TPSA) is 47.0 Å². The van der Waals surface area contributed by atoms with Crippen molar-refractivity contribution >= 4 is 11.3 Å². The second-order valence-electron chi connectivity index (χ2n) is 4.73. The minimum Gasteiger partial charge on any atom is -0.481 e. The zero-order chi connectivity index (χ0) is 14.4. The van der Waals surface area contributed by atoms with Crippen LogP contribution >= 0.6 is 11.3 Å². The third-order valence-electron chi connectivity index (χ3n) is 3.08. The van der Waals surface area contributed by atoms with E-state index in [-0.39, 0.29) is 0 Å². The van der Waals surface area contributed by atoms with Crippen LogP contribution in [0.3, 0.4) is 0 Å². The minimum absolute atomic E-state index is 0.314. The zero-order valence-corrected chi connectivity index (χ0v) is 13.0. The lowest BCUT2D eigenvalue weighted by molar-refractivity contribution is 0.397. The van der Waals surface area contributed by atoms with Gasteiger partial charge >= 0.3 is 0 Å². The molecule has 2 heterocycles. The van der Waals surface area contributed by atoms with Gasteiger partial charge in [-0.25, -0.2) is 9.97 Å². The van der Waals surface area contributed by atoms with Crippen LogP contribution in [0.15, 0.2) is 23.7 Å². The Morgan fingerprint density at radius 2 is 2.25 bits per heavy atom. The Morgan fingerprint density at radius 3 is 2.90 bits per heavy atom. The molecule has 5 heteroatoms. The molecule has 20 heavy (non-hydrogen) atoms. The van der Waals surface area contributed by atoms with Gasteiger partial charge in [0.05, 0.1) is 17.8 Å². The zero-order valence-electron chi connectivity index (χ0n) is 12.2. The fourth-order valence-corrected chi connectivity index (χ4v) is 2.80. The van der Waals surface area contributed by atoms with E-state index in [1.807, 2.05) is 18.3 Å². The van der Waals surface area contributed by atoms with Gasteiger partial charge in [-0.1, -0.05) is 13.0 Å². The molecule has 0 bridgehead atoms. The Bertz CT molecular complexity index is 524. The number of nitrogens with zero attached hydrogens (tertiary/aromatic N) is 2. The summed E-state index contributed by atoms with van der Waals surface area (Å²) >= 11 is 1.71. The van der Waals surface area contributed by atoms with Crippen molar-refractivity contribution in [2.45, 2.75) is 32.7 Å². The van der Waals surface area contributed by atoms with Gasteiger partial charge in [-0.2, -0.15) is 0 Å². The van der Waals surface area contributed by atoms with E-state index in [1.54, 1.807) is 18.4 Å². The molecule has 1 N–H and O–H groups in total. The van der Waals surface area contributed by atoms with Gasteiger partial charge in [0.25, 0.3) is 0 Å². The number of rotatable bonds is 7. The van der Waals surface area contributed by atoms with Crippen LogP contribution in [0, 0.1) is 0 Å². The maximum atomic E-state index is 5.06. The SMILES string of the molecule is CCCNC(C)c1csc(Cc2ccc(OC)nc2)n1. The highest BCUT2D eigenvalue weighted by Gasteiger charge is 2.09. The summed E-state index contributed by atoms with van der Waals surface area (Å²) in [5.41, 5.74) is 2.28. The van der Waals surface area contributed by atoms with E-state index < -0.39 is 0 Å². The highest BCUT2D eigenvalue weighted by Crippen LogP contribution is 2.19. The van der Waals surface area contributed by atoms with Crippen LogP contribution in [0.1, 0.15) is 42.6 Å². The fourth-order valence-electron chi connectivity index (χ4n) is 1.88. The number of ether oxygens (including phenoxy) is 1. The number of thiazole rings is 1. The Hall–Kier alpha value is -1.46. The summed E-state index contributed by atoms with van der Waals surface area (Å²) in [4.78, 5) is 8.92. The van der Waals surface area contributed by atoms with E-state index in [0.29, 0.717) is 11.9 Å². The molecule has 2 rings (SSSR count). The fraction of sp³-hybridized carbons (Fsp3) is 0.467. The molecule has 0 aromatic carbocycles.